The van der Waals surface area contributed by atoms with Crippen LogP contribution in [-0.4, -0.2) is 25.7 Å². The van der Waals surface area contributed by atoms with Crippen molar-refractivity contribution in [3.63, 3.8) is 0 Å². The molecule has 88 valence electrons. The fraction of sp³-hybridized carbons (Fsp3) is 1.00. The quantitative estimate of drug-likeness (QED) is 0.628. The van der Waals surface area contributed by atoms with Gasteiger partial charge in [-0.3, -0.25) is 0 Å². The standard InChI is InChI=1S/C13H26N2/c1-10(2)15-8-4-7-14-9-13-11-5-3-6-12(11)13/h10-15H,3-9H2,1-2H3. The van der Waals surface area contributed by atoms with Crippen molar-refractivity contribution in [1.82, 2.24) is 10.6 Å². The van der Waals surface area contributed by atoms with Crippen LogP contribution in [0.3, 0.4) is 0 Å². The zero-order chi connectivity index (χ0) is 10.7. The van der Waals surface area contributed by atoms with E-state index in [1.165, 1.54) is 38.8 Å². The average Bonchev–Trinajstić information content (AvgIpc) is 2.65. The van der Waals surface area contributed by atoms with Crippen LogP contribution < -0.4 is 10.6 Å². The molecule has 0 aromatic heterocycles. The van der Waals surface area contributed by atoms with E-state index < -0.39 is 0 Å². The maximum Gasteiger partial charge on any atom is 0.00103 e. The molecule has 0 radical (unpaired) electrons. The lowest BCUT2D eigenvalue weighted by Gasteiger charge is -2.09. The predicted molar refractivity (Wildman–Crippen MR) is 64.9 cm³/mol. The lowest BCUT2D eigenvalue weighted by molar-refractivity contribution is 0.508. The summed E-state index contributed by atoms with van der Waals surface area (Å²) in [6, 6.07) is 0.632. The predicted octanol–water partition coefficient (Wildman–Crippen LogP) is 2.01. The van der Waals surface area contributed by atoms with E-state index in [0.29, 0.717) is 6.04 Å². The van der Waals surface area contributed by atoms with Crippen molar-refractivity contribution < 1.29 is 0 Å². The third-order valence-corrected chi connectivity index (χ3v) is 4.05. The van der Waals surface area contributed by atoms with Gasteiger partial charge in [-0.1, -0.05) is 20.3 Å². The average molecular weight is 210 g/mol. The first kappa shape index (κ1) is 11.4. The van der Waals surface area contributed by atoms with Crippen molar-refractivity contribution in [2.45, 2.75) is 45.6 Å². The molecule has 0 saturated heterocycles. The first-order chi connectivity index (χ1) is 7.29. The Hall–Kier alpha value is -0.0800. The van der Waals surface area contributed by atoms with Gasteiger partial charge in [0.15, 0.2) is 0 Å². The summed E-state index contributed by atoms with van der Waals surface area (Å²) in [5.41, 5.74) is 0. The van der Waals surface area contributed by atoms with Crippen molar-refractivity contribution in [2.75, 3.05) is 19.6 Å². The minimum Gasteiger partial charge on any atom is -0.316 e. The normalized spacial score (nSPS) is 33.4. The highest BCUT2D eigenvalue weighted by molar-refractivity contribution is 5.01. The summed E-state index contributed by atoms with van der Waals surface area (Å²) in [5, 5.41) is 7.06. The molecule has 2 unspecified atom stereocenters. The molecule has 0 aromatic carbocycles. The number of rotatable bonds is 7. The van der Waals surface area contributed by atoms with Crippen molar-refractivity contribution in [2.24, 2.45) is 17.8 Å². The van der Waals surface area contributed by atoms with Crippen molar-refractivity contribution in [3.05, 3.63) is 0 Å². The second kappa shape index (κ2) is 5.31. The molecule has 0 aromatic rings. The molecule has 2 rings (SSSR count). The maximum atomic E-state index is 3.61. The molecular formula is C13H26N2. The summed E-state index contributed by atoms with van der Waals surface area (Å²) < 4.78 is 0. The Kier molecular flexibility index (Phi) is 4.04. The summed E-state index contributed by atoms with van der Waals surface area (Å²) in [4.78, 5) is 0. The van der Waals surface area contributed by atoms with Crippen molar-refractivity contribution >= 4 is 0 Å². The van der Waals surface area contributed by atoms with Crippen LogP contribution in [0.5, 0.6) is 0 Å². The number of fused-ring (bicyclic) bond motifs is 1. The zero-order valence-electron chi connectivity index (χ0n) is 10.3. The molecule has 2 nitrogen and oxygen atoms in total. The fourth-order valence-corrected chi connectivity index (χ4v) is 3.15. The van der Waals surface area contributed by atoms with Gasteiger partial charge in [-0.15, -0.1) is 0 Å². The maximum absolute atomic E-state index is 3.61. The summed E-state index contributed by atoms with van der Waals surface area (Å²) in [5.74, 6) is 3.29. The van der Waals surface area contributed by atoms with E-state index in [0.717, 1.165) is 24.3 Å². The largest absolute Gasteiger partial charge is 0.316 e. The van der Waals surface area contributed by atoms with Crippen LogP contribution in [0.2, 0.25) is 0 Å². The summed E-state index contributed by atoms with van der Waals surface area (Å²) in [7, 11) is 0. The topological polar surface area (TPSA) is 24.1 Å². The Morgan fingerprint density at radius 2 is 1.87 bits per heavy atom. The van der Waals surface area contributed by atoms with Gasteiger partial charge < -0.3 is 10.6 Å². The molecule has 2 aliphatic carbocycles. The molecule has 2 N–H and O–H groups in total. The minimum atomic E-state index is 0.632. The lowest BCUT2D eigenvalue weighted by Crippen LogP contribution is -2.27. The van der Waals surface area contributed by atoms with E-state index in [-0.39, 0.29) is 0 Å². The second-order valence-electron chi connectivity index (χ2n) is 5.59. The van der Waals surface area contributed by atoms with Gasteiger partial charge in [0.1, 0.15) is 0 Å². The number of hydrogen-bond donors (Lipinski definition) is 2. The Labute approximate surface area is 94.2 Å². The second-order valence-corrected chi connectivity index (χ2v) is 5.59. The highest BCUT2D eigenvalue weighted by Gasteiger charge is 2.51. The van der Waals surface area contributed by atoms with Gasteiger partial charge in [-0.2, -0.15) is 0 Å². The molecule has 0 heterocycles. The van der Waals surface area contributed by atoms with E-state index in [1.807, 2.05) is 0 Å². The van der Waals surface area contributed by atoms with Gasteiger partial charge in [0, 0.05) is 6.04 Å². The zero-order valence-corrected chi connectivity index (χ0v) is 10.3. The fourth-order valence-electron chi connectivity index (χ4n) is 3.15. The van der Waals surface area contributed by atoms with Crippen molar-refractivity contribution in [3.8, 4) is 0 Å². The van der Waals surface area contributed by atoms with Crippen LogP contribution in [0.1, 0.15) is 39.5 Å². The highest BCUT2D eigenvalue weighted by Crippen LogP contribution is 2.56. The van der Waals surface area contributed by atoms with Crippen LogP contribution >= 0.6 is 0 Å². The van der Waals surface area contributed by atoms with Gasteiger partial charge in [-0.05, 0) is 56.7 Å². The molecule has 0 bridgehead atoms. The highest BCUT2D eigenvalue weighted by atomic mass is 14.9. The molecule has 0 spiro atoms. The van der Waals surface area contributed by atoms with E-state index >= 15 is 0 Å². The van der Waals surface area contributed by atoms with Crippen molar-refractivity contribution in [1.29, 1.82) is 0 Å². The molecule has 15 heavy (non-hydrogen) atoms. The number of hydrogen-bond acceptors (Lipinski definition) is 2. The van der Waals surface area contributed by atoms with Gasteiger partial charge in [0.25, 0.3) is 0 Å². The first-order valence-electron chi connectivity index (χ1n) is 6.73. The van der Waals surface area contributed by atoms with Gasteiger partial charge >= 0.3 is 0 Å². The van der Waals surface area contributed by atoms with Gasteiger partial charge in [-0.25, -0.2) is 0 Å². The van der Waals surface area contributed by atoms with Crippen LogP contribution in [0, 0.1) is 17.8 Å². The summed E-state index contributed by atoms with van der Waals surface area (Å²) in [6.07, 6.45) is 5.81. The molecular weight excluding hydrogens is 184 g/mol. The molecule has 2 atom stereocenters. The Bertz CT molecular complexity index is 181. The molecule has 2 saturated carbocycles. The number of nitrogens with one attached hydrogen (secondary N) is 2. The van der Waals surface area contributed by atoms with E-state index in [4.69, 9.17) is 0 Å². The van der Waals surface area contributed by atoms with E-state index in [2.05, 4.69) is 24.5 Å². The van der Waals surface area contributed by atoms with Crippen LogP contribution in [0.15, 0.2) is 0 Å². The smallest absolute Gasteiger partial charge is 0.00103 e. The molecule has 2 aliphatic rings. The molecule has 0 aliphatic heterocycles. The van der Waals surface area contributed by atoms with Gasteiger partial charge in [0.05, 0.1) is 0 Å². The Morgan fingerprint density at radius 3 is 2.53 bits per heavy atom. The third-order valence-electron chi connectivity index (χ3n) is 4.05. The minimum absolute atomic E-state index is 0.632. The molecule has 0 amide bonds. The Balaban J connectivity index is 1.40. The molecule has 2 heteroatoms. The summed E-state index contributed by atoms with van der Waals surface area (Å²) >= 11 is 0. The van der Waals surface area contributed by atoms with Crippen LogP contribution in [-0.2, 0) is 0 Å². The van der Waals surface area contributed by atoms with Crippen LogP contribution in [0.4, 0.5) is 0 Å². The van der Waals surface area contributed by atoms with Crippen LogP contribution in [0.25, 0.3) is 0 Å². The van der Waals surface area contributed by atoms with E-state index in [9.17, 15) is 0 Å². The van der Waals surface area contributed by atoms with Gasteiger partial charge in [0.2, 0.25) is 0 Å². The lowest BCUT2D eigenvalue weighted by atomic mass is 10.1. The molecule has 2 fully saturated rings. The third kappa shape index (κ3) is 3.18. The monoisotopic (exact) mass is 210 g/mol. The van der Waals surface area contributed by atoms with E-state index in [1.54, 1.807) is 0 Å². The summed E-state index contributed by atoms with van der Waals surface area (Å²) in [6.45, 7) is 8.05. The SMILES string of the molecule is CC(C)NCCCNCC1C2CCCC21. The Morgan fingerprint density at radius 1 is 1.13 bits per heavy atom. The first-order valence-corrected chi connectivity index (χ1v) is 6.73.